The van der Waals surface area contributed by atoms with Gasteiger partial charge in [0.25, 0.3) is 6.29 Å². The number of nitrogens with one attached hydrogen (secondary N) is 1. The third-order valence-corrected chi connectivity index (χ3v) is 4.28. The number of esters is 1. The van der Waals surface area contributed by atoms with E-state index >= 15 is 0 Å². The van der Waals surface area contributed by atoms with Crippen molar-refractivity contribution in [2.24, 2.45) is 5.92 Å². The molecule has 0 aromatic heterocycles. The molecule has 0 heterocycles. The summed E-state index contributed by atoms with van der Waals surface area (Å²) >= 11 is 0. The average Bonchev–Trinajstić information content (AvgIpc) is 2.97. The van der Waals surface area contributed by atoms with Crippen LogP contribution in [0.5, 0.6) is 0 Å². The summed E-state index contributed by atoms with van der Waals surface area (Å²) in [6, 6.07) is 0. The van der Waals surface area contributed by atoms with E-state index in [9.17, 15) is 19.5 Å². The zero-order valence-electron chi connectivity index (χ0n) is 14.7. The Labute approximate surface area is 141 Å². The maximum absolute atomic E-state index is 12.1. The van der Waals surface area contributed by atoms with Crippen molar-refractivity contribution in [2.45, 2.75) is 70.8 Å². The first-order valence-electron chi connectivity index (χ1n) is 8.10. The molecule has 0 aromatic rings. The Morgan fingerprint density at radius 2 is 1.83 bits per heavy atom. The topological polar surface area (TPSA) is 111 Å². The van der Waals surface area contributed by atoms with Gasteiger partial charge in [0.05, 0.1) is 0 Å². The summed E-state index contributed by atoms with van der Waals surface area (Å²) in [5.41, 5.74) is -1.44. The van der Waals surface area contributed by atoms with Crippen LogP contribution in [0, 0.1) is 5.92 Å². The third kappa shape index (κ3) is 5.99. The molecule has 2 N–H and O–H groups in total. The van der Waals surface area contributed by atoms with Gasteiger partial charge in [-0.15, -0.1) is 0 Å². The minimum atomic E-state index is -1.44. The Hall–Kier alpha value is -1.83. The highest BCUT2D eigenvalue weighted by molar-refractivity contribution is 5.84. The van der Waals surface area contributed by atoms with E-state index in [1.165, 1.54) is 21.0 Å². The SMILES string of the molecule is COC(C)[C@@H](OC(C)=O)OC(=O)N[C@@](C)(CC1CCCC1)C(=O)O. The summed E-state index contributed by atoms with van der Waals surface area (Å²) in [7, 11) is 1.38. The molecular formula is C16H27NO7. The third-order valence-electron chi connectivity index (χ3n) is 4.28. The van der Waals surface area contributed by atoms with Crippen LogP contribution in [-0.4, -0.2) is 48.2 Å². The second-order valence-corrected chi connectivity index (χ2v) is 6.44. The number of amides is 1. The van der Waals surface area contributed by atoms with Gasteiger partial charge < -0.3 is 24.6 Å². The number of ether oxygens (including phenoxy) is 3. The fourth-order valence-electron chi connectivity index (χ4n) is 2.83. The van der Waals surface area contributed by atoms with Crippen LogP contribution in [0.15, 0.2) is 0 Å². The Bertz CT molecular complexity index is 461. The first kappa shape index (κ1) is 20.2. The molecule has 3 atom stereocenters. The van der Waals surface area contributed by atoms with Gasteiger partial charge in [0.2, 0.25) is 0 Å². The van der Waals surface area contributed by atoms with Crippen LogP contribution in [0.25, 0.3) is 0 Å². The van der Waals surface area contributed by atoms with Gasteiger partial charge in [0, 0.05) is 14.0 Å². The lowest BCUT2D eigenvalue weighted by molar-refractivity contribution is -0.186. The van der Waals surface area contributed by atoms with Crippen LogP contribution in [0.3, 0.4) is 0 Å². The lowest BCUT2D eigenvalue weighted by Gasteiger charge is -2.30. The second kappa shape index (κ2) is 8.86. The van der Waals surface area contributed by atoms with E-state index in [4.69, 9.17) is 14.2 Å². The van der Waals surface area contributed by atoms with Gasteiger partial charge in [-0.1, -0.05) is 25.7 Å². The monoisotopic (exact) mass is 345 g/mol. The maximum Gasteiger partial charge on any atom is 0.411 e. The first-order valence-corrected chi connectivity index (χ1v) is 8.10. The fourth-order valence-corrected chi connectivity index (χ4v) is 2.83. The molecule has 8 heteroatoms. The Balaban J connectivity index is 2.71. The van der Waals surface area contributed by atoms with E-state index in [0.717, 1.165) is 25.7 Å². The zero-order valence-corrected chi connectivity index (χ0v) is 14.7. The van der Waals surface area contributed by atoms with Crippen molar-refractivity contribution in [3.05, 3.63) is 0 Å². The molecule has 0 spiro atoms. The number of carboxylic acid groups (broad SMARTS) is 1. The van der Waals surface area contributed by atoms with Crippen molar-refractivity contribution in [2.75, 3.05) is 7.11 Å². The number of carbonyl (C=O) groups is 3. The molecule has 138 valence electrons. The Morgan fingerprint density at radius 3 is 2.29 bits per heavy atom. The van der Waals surface area contributed by atoms with Crippen LogP contribution in [0.1, 0.15) is 52.9 Å². The first-order chi connectivity index (χ1) is 11.2. The van der Waals surface area contributed by atoms with Gasteiger partial charge in [-0.3, -0.25) is 4.79 Å². The predicted molar refractivity (Wildman–Crippen MR) is 84.3 cm³/mol. The smallest absolute Gasteiger partial charge is 0.411 e. The molecule has 0 radical (unpaired) electrons. The fraction of sp³-hybridized carbons (Fsp3) is 0.812. The van der Waals surface area contributed by atoms with Crippen LogP contribution in [-0.2, 0) is 23.8 Å². The molecule has 1 amide bonds. The molecule has 1 saturated carbocycles. The molecule has 0 saturated heterocycles. The highest BCUT2D eigenvalue weighted by atomic mass is 16.7. The number of carboxylic acids is 1. The van der Waals surface area contributed by atoms with Gasteiger partial charge in [0.1, 0.15) is 11.6 Å². The second-order valence-electron chi connectivity index (χ2n) is 6.44. The molecule has 1 aliphatic rings. The van der Waals surface area contributed by atoms with Gasteiger partial charge in [0.15, 0.2) is 0 Å². The largest absolute Gasteiger partial charge is 0.480 e. The Morgan fingerprint density at radius 1 is 1.25 bits per heavy atom. The summed E-state index contributed by atoms with van der Waals surface area (Å²) in [5.74, 6) is -1.51. The minimum Gasteiger partial charge on any atom is -0.480 e. The molecular weight excluding hydrogens is 318 g/mol. The number of methoxy groups -OCH3 is 1. The number of alkyl carbamates (subject to hydrolysis) is 1. The van der Waals surface area contributed by atoms with Crippen molar-refractivity contribution in [1.82, 2.24) is 5.32 Å². The molecule has 1 fully saturated rings. The van der Waals surface area contributed by atoms with Gasteiger partial charge in [-0.05, 0) is 26.2 Å². The van der Waals surface area contributed by atoms with Gasteiger partial charge in [-0.2, -0.15) is 0 Å². The van der Waals surface area contributed by atoms with Crippen molar-refractivity contribution < 1.29 is 33.7 Å². The number of hydrogen-bond acceptors (Lipinski definition) is 6. The molecule has 1 aliphatic carbocycles. The van der Waals surface area contributed by atoms with Crippen molar-refractivity contribution >= 4 is 18.0 Å². The number of carbonyl (C=O) groups excluding carboxylic acids is 2. The van der Waals surface area contributed by atoms with Gasteiger partial charge in [-0.25, -0.2) is 9.59 Å². The summed E-state index contributed by atoms with van der Waals surface area (Å²) in [6.07, 6.45) is 1.48. The summed E-state index contributed by atoms with van der Waals surface area (Å²) < 4.78 is 14.9. The molecule has 0 bridgehead atoms. The molecule has 1 unspecified atom stereocenters. The predicted octanol–water partition coefficient (Wildman–Crippen LogP) is 2.06. The lowest BCUT2D eigenvalue weighted by atomic mass is 9.88. The van der Waals surface area contributed by atoms with E-state index in [0.29, 0.717) is 6.42 Å². The molecule has 0 aliphatic heterocycles. The highest BCUT2D eigenvalue weighted by Gasteiger charge is 2.39. The maximum atomic E-state index is 12.1. The molecule has 0 aromatic carbocycles. The van der Waals surface area contributed by atoms with Crippen LogP contribution in [0.4, 0.5) is 4.79 Å². The highest BCUT2D eigenvalue weighted by Crippen LogP contribution is 2.32. The van der Waals surface area contributed by atoms with Crippen molar-refractivity contribution in [3.63, 3.8) is 0 Å². The summed E-state index contributed by atoms with van der Waals surface area (Å²) in [4.78, 5) is 34.8. The average molecular weight is 345 g/mol. The quantitative estimate of drug-likeness (QED) is 0.511. The minimum absolute atomic E-state index is 0.258. The lowest BCUT2D eigenvalue weighted by Crippen LogP contribution is -2.54. The molecule has 24 heavy (non-hydrogen) atoms. The number of rotatable bonds is 8. The summed E-state index contributed by atoms with van der Waals surface area (Å²) in [6.45, 7) is 4.20. The standard InChI is InChI=1S/C16H27NO7/c1-10(22-4)13(23-11(2)18)24-15(21)17-16(3,14(19)20)9-12-7-5-6-8-12/h10,12-13H,5-9H2,1-4H3,(H,17,21)(H,19,20)/t10?,13-,16-/m0/s1. The van der Waals surface area contributed by atoms with Crippen molar-refractivity contribution in [3.8, 4) is 0 Å². The molecule has 1 rings (SSSR count). The van der Waals surface area contributed by atoms with Crippen LogP contribution >= 0.6 is 0 Å². The normalized spacial score (nSPS) is 19.8. The number of aliphatic carboxylic acids is 1. The van der Waals surface area contributed by atoms with E-state index in [-0.39, 0.29) is 5.92 Å². The zero-order chi connectivity index (χ0) is 18.3. The summed E-state index contributed by atoms with van der Waals surface area (Å²) in [5, 5.41) is 11.9. The van der Waals surface area contributed by atoms with E-state index < -0.39 is 36.0 Å². The molecule has 8 nitrogen and oxygen atoms in total. The van der Waals surface area contributed by atoms with Crippen LogP contribution < -0.4 is 5.32 Å². The van der Waals surface area contributed by atoms with Crippen LogP contribution in [0.2, 0.25) is 0 Å². The van der Waals surface area contributed by atoms with E-state index in [1.54, 1.807) is 6.92 Å². The van der Waals surface area contributed by atoms with E-state index in [2.05, 4.69) is 5.32 Å². The van der Waals surface area contributed by atoms with E-state index in [1.807, 2.05) is 0 Å². The van der Waals surface area contributed by atoms with Crippen molar-refractivity contribution in [1.29, 1.82) is 0 Å². The number of hydrogen-bond donors (Lipinski definition) is 2. The Kier molecular flexibility index (Phi) is 7.47. The van der Waals surface area contributed by atoms with Gasteiger partial charge >= 0.3 is 18.0 Å².